The van der Waals surface area contributed by atoms with E-state index in [4.69, 9.17) is 4.42 Å². The van der Waals surface area contributed by atoms with Crippen LogP contribution in [-0.2, 0) is 17.6 Å². The zero-order valence-electron chi connectivity index (χ0n) is 9.51. The number of carbonyl (C=O) groups is 1. The molecule has 0 saturated carbocycles. The van der Waals surface area contributed by atoms with Gasteiger partial charge in [0.1, 0.15) is 17.3 Å². The largest absolute Gasteiger partial charge is 0.508 e. The highest BCUT2D eigenvalue weighted by atomic mass is 16.4. The number of Topliss-reactive ketones (excluding diaryl/α,β-unsaturated/α-hetero) is 1. The number of para-hydroxylation sites is 1. The molecule has 0 atom stereocenters. The summed E-state index contributed by atoms with van der Waals surface area (Å²) < 4.78 is 5.41. The second kappa shape index (κ2) is 4.82. The summed E-state index contributed by atoms with van der Waals surface area (Å²) in [5, 5.41) is 9.60. The standard InChI is InChI=1S/C13H13NO3/c1-9(15)6-11-8-14-13(17-11)7-10-4-2-3-5-12(10)16/h2-5,8,16H,6-7H2,1H3. The molecule has 0 spiro atoms. The molecule has 1 aromatic heterocycles. The summed E-state index contributed by atoms with van der Waals surface area (Å²) in [5.41, 5.74) is 0.753. The van der Waals surface area contributed by atoms with Crippen LogP contribution in [0.4, 0.5) is 0 Å². The van der Waals surface area contributed by atoms with Gasteiger partial charge in [-0.05, 0) is 13.0 Å². The van der Waals surface area contributed by atoms with Gasteiger partial charge in [0.05, 0.1) is 19.0 Å². The van der Waals surface area contributed by atoms with Crippen LogP contribution < -0.4 is 0 Å². The average Bonchev–Trinajstić information content (AvgIpc) is 2.68. The van der Waals surface area contributed by atoms with E-state index in [9.17, 15) is 9.90 Å². The van der Waals surface area contributed by atoms with Crippen LogP contribution in [0.3, 0.4) is 0 Å². The van der Waals surface area contributed by atoms with Crippen molar-refractivity contribution in [3.63, 3.8) is 0 Å². The van der Waals surface area contributed by atoms with E-state index in [-0.39, 0.29) is 18.0 Å². The van der Waals surface area contributed by atoms with Crippen molar-refractivity contribution in [3.05, 3.63) is 47.7 Å². The van der Waals surface area contributed by atoms with E-state index in [0.717, 1.165) is 5.56 Å². The van der Waals surface area contributed by atoms with Crippen LogP contribution in [0.1, 0.15) is 24.1 Å². The number of hydrogen-bond donors (Lipinski definition) is 1. The molecule has 88 valence electrons. The Morgan fingerprint density at radius 1 is 1.41 bits per heavy atom. The molecule has 0 fully saturated rings. The maximum Gasteiger partial charge on any atom is 0.198 e. The minimum atomic E-state index is 0.0373. The van der Waals surface area contributed by atoms with Gasteiger partial charge in [-0.15, -0.1) is 0 Å². The topological polar surface area (TPSA) is 63.3 Å². The van der Waals surface area contributed by atoms with Crippen LogP contribution in [-0.4, -0.2) is 15.9 Å². The molecular weight excluding hydrogens is 218 g/mol. The maximum atomic E-state index is 10.9. The second-order valence-electron chi connectivity index (χ2n) is 3.90. The lowest BCUT2D eigenvalue weighted by Crippen LogP contribution is -1.93. The highest BCUT2D eigenvalue weighted by Crippen LogP contribution is 2.19. The van der Waals surface area contributed by atoms with E-state index in [1.165, 1.54) is 6.92 Å². The summed E-state index contributed by atoms with van der Waals surface area (Å²) in [6.45, 7) is 1.51. The molecule has 0 aliphatic rings. The summed E-state index contributed by atoms with van der Waals surface area (Å²) in [4.78, 5) is 15.0. The molecular formula is C13H13NO3. The van der Waals surface area contributed by atoms with Crippen molar-refractivity contribution in [3.8, 4) is 5.75 Å². The Labute approximate surface area is 98.9 Å². The number of aromatic nitrogens is 1. The van der Waals surface area contributed by atoms with Gasteiger partial charge in [0.25, 0.3) is 0 Å². The maximum absolute atomic E-state index is 10.9. The smallest absolute Gasteiger partial charge is 0.198 e. The van der Waals surface area contributed by atoms with Gasteiger partial charge < -0.3 is 9.52 Å². The molecule has 0 saturated heterocycles. The van der Waals surface area contributed by atoms with E-state index in [2.05, 4.69) is 4.98 Å². The molecule has 0 amide bonds. The Hall–Kier alpha value is -2.10. The predicted molar refractivity (Wildman–Crippen MR) is 61.8 cm³/mol. The van der Waals surface area contributed by atoms with Gasteiger partial charge >= 0.3 is 0 Å². The van der Waals surface area contributed by atoms with Gasteiger partial charge in [0, 0.05) is 5.56 Å². The van der Waals surface area contributed by atoms with E-state index in [1.54, 1.807) is 18.3 Å². The molecule has 17 heavy (non-hydrogen) atoms. The molecule has 4 heteroatoms. The van der Waals surface area contributed by atoms with Gasteiger partial charge in [-0.25, -0.2) is 4.98 Å². The predicted octanol–water partition coefficient (Wildman–Crippen LogP) is 2.10. The van der Waals surface area contributed by atoms with Crippen LogP contribution in [0.25, 0.3) is 0 Å². The zero-order valence-corrected chi connectivity index (χ0v) is 9.51. The molecule has 0 aliphatic carbocycles. The first kappa shape index (κ1) is 11.4. The molecule has 0 radical (unpaired) electrons. The Morgan fingerprint density at radius 3 is 2.88 bits per heavy atom. The van der Waals surface area contributed by atoms with Crippen molar-refractivity contribution in [1.29, 1.82) is 0 Å². The number of ketones is 1. The average molecular weight is 231 g/mol. The summed E-state index contributed by atoms with van der Waals surface area (Å²) >= 11 is 0. The van der Waals surface area contributed by atoms with Crippen LogP contribution in [0.2, 0.25) is 0 Å². The highest BCUT2D eigenvalue weighted by molar-refractivity contribution is 5.77. The van der Waals surface area contributed by atoms with Gasteiger partial charge in [0.15, 0.2) is 5.89 Å². The van der Waals surface area contributed by atoms with Crippen LogP contribution in [0.5, 0.6) is 5.75 Å². The summed E-state index contributed by atoms with van der Waals surface area (Å²) in [6, 6.07) is 7.03. The van der Waals surface area contributed by atoms with Crippen molar-refractivity contribution < 1.29 is 14.3 Å². The molecule has 0 unspecified atom stereocenters. The lowest BCUT2D eigenvalue weighted by atomic mass is 10.1. The first-order valence-electron chi connectivity index (χ1n) is 5.35. The Kier molecular flexibility index (Phi) is 3.23. The fraction of sp³-hybridized carbons (Fsp3) is 0.231. The quantitative estimate of drug-likeness (QED) is 0.875. The van der Waals surface area contributed by atoms with Gasteiger partial charge in [-0.2, -0.15) is 0 Å². The van der Waals surface area contributed by atoms with Crippen molar-refractivity contribution in [2.75, 3.05) is 0 Å². The number of rotatable bonds is 4. The third-order valence-corrected chi connectivity index (χ3v) is 2.36. The molecule has 0 bridgehead atoms. The van der Waals surface area contributed by atoms with Crippen LogP contribution in [0.15, 0.2) is 34.9 Å². The summed E-state index contributed by atoms with van der Waals surface area (Å²) in [7, 11) is 0. The number of phenolic OH excluding ortho intramolecular Hbond substituents is 1. The third kappa shape index (κ3) is 2.93. The molecule has 1 N–H and O–H groups in total. The number of aromatic hydroxyl groups is 1. The number of benzene rings is 1. The third-order valence-electron chi connectivity index (χ3n) is 2.36. The molecule has 2 rings (SSSR count). The summed E-state index contributed by atoms with van der Waals surface area (Å²) in [5.74, 6) is 1.32. The number of hydrogen-bond acceptors (Lipinski definition) is 4. The number of phenols is 1. The first-order valence-corrected chi connectivity index (χ1v) is 5.35. The monoisotopic (exact) mass is 231 g/mol. The Morgan fingerprint density at radius 2 is 2.18 bits per heavy atom. The van der Waals surface area contributed by atoms with Crippen molar-refractivity contribution >= 4 is 5.78 Å². The number of oxazole rings is 1. The fourth-order valence-electron chi connectivity index (χ4n) is 1.58. The molecule has 1 aromatic carbocycles. The lowest BCUT2D eigenvalue weighted by molar-refractivity contribution is -0.116. The lowest BCUT2D eigenvalue weighted by Gasteiger charge is -2.00. The van der Waals surface area contributed by atoms with Crippen molar-refractivity contribution in [2.45, 2.75) is 19.8 Å². The number of carbonyl (C=O) groups excluding carboxylic acids is 1. The minimum Gasteiger partial charge on any atom is -0.508 e. The molecule has 1 heterocycles. The Bertz CT molecular complexity index is 531. The van der Waals surface area contributed by atoms with E-state index < -0.39 is 0 Å². The zero-order chi connectivity index (χ0) is 12.3. The van der Waals surface area contributed by atoms with E-state index in [0.29, 0.717) is 18.1 Å². The highest BCUT2D eigenvalue weighted by Gasteiger charge is 2.08. The van der Waals surface area contributed by atoms with Crippen LogP contribution in [0, 0.1) is 0 Å². The minimum absolute atomic E-state index is 0.0373. The van der Waals surface area contributed by atoms with Crippen molar-refractivity contribution in [1.82, 2.24) is 4.98 Å². The van der Waals surface area contributed by atoms with Gasteiger partial charge in [0.2, 0.25) is 0 Å². The summed E-state index contributed by atoms with van der Waals surface area (Å²) in [6.07, 6.45) is 2.23. The molecule has 2 aromatic rings. The van der Waals surface area contributed by atoms with Crippen molar-refractivity contribution in [2.24, 2.45) is 0 Å². The SMILES string of the molecule is CC(=O)Cc1cnc(Cc2ccccc2O)o1. The number of nitrogens with zero attached hydrogens (tertiary/aromatic N) is 1. The second-order valence-corrected chi connectivity index (χ2v) is 3.90. The molecule has 4 nitrogen and oxygen atoms in total. The Balaban J connectivity index is 2.12. The van der Waals surface area contributed by atoms with Crippen LogP contribution >= 0.6 is 0 Å². The van der Waals surface area contributed by atoms with E-state index >= 15 is 0 Å². The normalized spacial score (nSPS) is 10.4. The van der Waals surface area contributed by atoms with E-state index in [1.807, 2.05) is 12.1 Å². The first-order chi connectivity index (χ1) is 8.15. The molecule has 0 aliphatic heterocycles. The van der Waals surface area contributed by atoms with Gasteiger partial charge in [-0.3, -0.25) is 4.79 Å². The van der Waals surface area contributed by atoms with Gasteiger partial charge in [-0.1, -0.05) is 18.2 Å². The fourth-order valence-corrected chi connectivity index (χ4v) is 1.58.